The van der Waals surface area contributed by atoms with Crippen LogP contribution in [0.1, 0.15) is 11.8 Å². The lowest BCUT2D eigenvalue weighted by Gasteiger charge is -2.22. The molecular weight excluding hydrogens is 312 g/mol. The molecule has 1 N–H and O–H groups in total. The average Bonchev–Trinajstić information content (AvgIpc) is 2.92. The van der Waals surface area contributed by atoms with E-state index in [9.17, 15) is 8.42 Å². The second-order valence-corrected chi connectivity index (χ2v) is 6.92. The quantitative estimate of drug-likeness (QED) is 0.885. The van der Waals surface area contributed by atoms with Crippen molar-refractivity contribution in [1.29, 1.82) is 0 Å². The highest BCUT2D eigenvalue weighted by atomic mass is 35.5. The van der Waals surface area contributed by atoms with Crippen molar-refractivity contribution in [3.05, 3.63) is 53.4 Å². The van der Waals surface area contributed by atoms with Crippen LogP contribution in [0, 0.1) is 0 Å². The maximum Gasteiger partial charge on any atom is 0.242 e. The fraction of sp³-hybridized carbons (Fsp3) is 0.286. The number of sulfonamides is 1. The number of hydrogen-bond donors (Lipinski definition) is 1. The Balaban J connectivity index is 2.16. The van der Waals surface area contributed by atoms with Crippen molar-refractivity contribution in [3.63, 3.8) is 0 Å². The van der Waals surface area contributed by atoms with E-state index in [0.29, 0.717) is 5.76 Å². The van der Waals surface area contributed by atoms with Crippen LogP contribution in [0.5, 0.6) is 0 Å². The topological polar surface area (TPSA) is 62.6 Å². The van der Waals surface area contributed by atoms with Gasteiger partial charge in [-0.05, 0) is 38.4 Å². The SMILES string of the molecule is CN(C)C(CNS(=O)(=O)c1ccccc1Cl)c1ccco1. The summed E-state index contributed by atoms with van der Waals surface area (Å²) in [5.74, 6) is 0.696. The van der Waals surface area contributed by atoms with Gasteiger partial charge in [0.25, 0.3) is 0 Å². The summed E-state index contributed by atoms with van der Waals surface area (Å²) in [5.41, 5.74) is 0. The van der Waals surface area contributed by atoms with E-state index in [1.807, 2.05) is 25.1 Å². The molecule has 1 unspecified atom stereocenters. The predicted octanol–water partition coefficient (Wildman–Crippen LogP) is 2.51. The van der Waals surface area contributed by atoms with Crippen molar-refractivity contribution >= 4 is 21.6 Å². The molecule has 0 bridgehead atoms. The molecular formula is C14H17ClN2O3S. The smallest absolute Gasteiger partial charge is 0.242 e. The zero-order valence-corrected chi connectivity index (χ0v) is 13.4. The summed E-state index contributed by atoms with van der Waals surface area (Å²) < 4.78 is 32.5. The minimum atomic E-state index is -3.66. The number of hydrogen-bond acceptors (Lipinski definition) is 4. The first-order valence-electron chi connectivity index (χ1n) is 6.36. The molecule has 1 aromatic heterocycles. The van der Waals surface area contributed by atoms with Crippen molar-refractivity contribution in [2.75, 3.05) is 20.6 Å². The van der Waals surface area contributed by atoms with E-state index < -0.39 is 10.0 Å². The molecule has 0 saturated carbocycles. The molecule has 0 aliphatic heterocycles. The van der Waals surface area contributed by atoms with Gasteiger partial charge in [0, 0.05) is 6.54 Å². The highest BCUT2D eigenvalue weighted by Crippen LogP contribution is 2.22. The van der Waals surface area contributed by atoms with E-state index in [4.69, 9.17) is 16.0 Å². The Morgan fingerprint density at radius 2 is 1.95 bits per heavy atom. The van der Waals surface area contributed by atoms with Crippen LogP contribution in [0.3, 0.4) is 0 Å². The molecule has 2 aromatic rings. The van der Waals surface area contributed by atoms with Crippen LogP contribution in [-0.2, 0) is 10.0 Å². The van der Waals surface area contributed by atoms with Crippen LogP contribution < -0.4 is 4.72 Å². The van der Waals surface area contributed by atoms with Crippen LogP contribution in [0.15, 0.2) is 52.0 Å². The van der Waals surface area contributed by atoms with Gasteiger partial charge in [-0.1, -0.05) is 23.7 Å². The monoisotopic (exact) mass is 328 g/mol. The summed E-state index contributed by atoms with van der Waals surface area (Å²) in [6, 6.07) is 9.73. The van der Waals surface area contributed by atoms with Gasteiger partial charge in [0.05, 0.1) is 17.3 Å². The summed E-state index contributed by atoms with van der Waals surface area (Å²) in [5, 5.41) is 0.199. The second kappa shape index (κ2) is 6.62. The number of likely N-dealkylation sites (N-methyl/N-ethyl adjacent to an activating group) is 1. The second-order valence-electron chi connectivity index (χ2n) is 4.78. The van der Waals surface area contributed by atoms with Gasteiger partial charge in [-0.2, -0.15) is 0 Å². The molecule has 0 radical (unpaired) electrons. The largest absolute Gasteiger partial charge is 0.468 e. The van der Waals surface area contributed by atoms with E-state index in [0.717, 1.165) is 0 Å². The fourth-order valence-electron chi connectivity index (χ4n) is 1.95. The zero-order chi connectivity index (χ0) is 15.5. The first-order chi connectivity index (χ1) is 9.92. The van der Waals surface area contributed by atoms with Gasteiger partial charge in [0.1, 0.15) is 10.7 Å². The van der Waals surface area contributed by atoms with Gasteiger partial charge in [-0.25, -0.2) is 13.1 Å². The Bertz CT molecular complexity index is 684. The first-order valence-corrected chi connectivity index (χ1v) is 8.22. The molecule has 0 fully saturated rings. The molecule has 2 rings (SSSR count). The number of nitrogens with zero attached hydrogens (tertiary/aromatic N) is 1. The van der Waals surface area contributed by atoms with Crippen LogP contribution in [0.4, 0.5) is 0 Å². The van der Waals surface area contributed by atoms with E-state index in [1.165, 1.54) is 6.07 Å². The Labute approximate surface area is 129 Å². The normalized spacial score (nSPS) is 13.5. The van der Waals surface area contributed by atoms with Crippen molar-refractivity contribution < 1.29 is 12.8 Å². The van der Waals surface area contributed by atoms with E-state index in [-0.39, 0.29) is 22.5 Å². The molecule has 0 saturated heterocycles. The van der Waals surface area contributed by atoms with Gasteiger partial charge in [-0.15, -0.1) is 0 Å². The minimum absolute atomic E-state index is 0.0728. The maximum absolute atomic E-state index is 12.3. The van der Waals surface area contributed by atoms with Crippen LogP contribution in [0.2, 0.25) is 5.02 Å². The molecule has 0 amide bonds. The minimum Gasteiger partial charge on any atom is -0.468 e. The fourth-order valence-corrected chi connectivity index (χ4v) is 3.50. The Kier molecular flexibility index (Phi) is 5.05. The molecule has 7 heteroatoms. The lowest BCUT2D eigenvalue weighted by Crippen LogP contribution is -2.34. The third-order valence-electron chi connectivity index (χ3n) is 3.09. The summed E-state index contributed by atoms with van der Waals surface area (Å²) in [6.45, 7) is 0.189. The van der Waals surface area contributed by atoms with Crippen LogP contribution >= 0.6 is 11.6 Å². The number of furan rings is 1. The molecule has 21 heavy (non-hydrogen) atoms. The van der Waals surface area contributed by atoms with Gasteiger partial charge < -0.3 is 4.42 Å². The standard InChI is InChI=1S/C14H17ClN2O3S/c1-17(2)12(13-7-5-9-20-13)10-16-21(18,19)14-8-4-3-6-11(14)15/h3-9,12,16H,10H2,1-2H3. The molecule has 5 nitrogen and oxygen atoms in total. The number of benzene rings is 1. The number of nitrogens with one attached hydrogen (secondary N) is 1. The van der Waals surface area contributed by atoms with Crippen LogP contribution in [0.25, 0.3) is 0 Å². The average molecular weight is 329 g/mol. The highest BCUT2D eigenvalue weighted by molar-refractivity contribution is 7.89. The Hall–Kier alpha value is -1.34. The molecule has 1 atom stereocenters. The van der Waals surface area contributed by atoms with Crippen molar-refractivity contribution in [3.8, 4) is 0 Å². The maximum atomic E-state index is 12.3. The number of halogens is 1. The third-order valence-corrected chi connectivity index (χ3v) is 5.01. The van der Waals surface area contributed by atoms with E-state index in [1.54, 1.807) is 30.5 Å². The van der Waals surface area contributed by atoms with Crippen molar-refractivity contribution in [2.24, 2.45) is 0 Å². The Morgan fingerprint density at radius 1 is 1.24 bits per heavy atom. The molecule has 1 aromatic carbocycles. The highest BCUT2D eigenvalue weighted by Gasteiger charge is 2.22. The van der Waals surface area contributed by atoms with Gasteiger partial charge >= 0.3 is 0 Å². The molecule has 0 spiro atoms. The third kappa shape index (κ3) is 3.85. The number of rotatable bonds is 6. The van der Waals surface area contributed by atoms with Gasteiger partial charge in [0.15, 0.2) is 0 Å². The summed E-state index contributed by atoms with van der Waals surface area (Å²) in [6.07, 6.45) is 1.56. The zero-order valence-electron chi connectivity index (χ0n) is 11.8. The van der Waals surface area contributed by atoms with Crippen LogP contribution in [-0.4, -0.2) is 34.0 Å². The lowest BCUT2D eigenvalue weighted by atomic mass is 10.2. The summed E-state index contributed by atoms with van der Waals surface area (Å²) in [4.78, 5) is 1.96. The summed E-state index contributed by atoms with van der Waals surface area (Å²) >= 11 is 5.94. The predicted molar refractivity (Wildman–Crippen MR) is 81.8 cm³/mol. The first kappa shape index (κ1) is 16.0. The summed E-state index contributed by atoms with van der Waals surface area (Å²) in [7, 11) is 0.0553. The molecule has 0 aliphatic rings. The van der Waals surface area contributed by atoms with E-state index in [2.05, 4.69) is 4.72 Å². The lowest BCUT2D eigenvalue weighted by molar-refractivity contribution is 0.259. The Morgan fingerprint density at radius 3 is 2.52 bits per heavy atom. The van der Waals surface area contributed by atoms with Gasteiger partial charge in [-0.3, -0.25) is 4.90 Å². The molecule has 114 valence electrons. The molecule has 0 aliphatic carbocycles. The van der Waals surface area contributed by atoms with Crippen molar-refractivity contribution in [1.82, 2.24) is 9.62 Å². The van der Waals surface area contributed by atoms with Crippen molar-refractivity contribution in [2.45, 2.75) is 10.9 Å². The molecule has 1 heterocycles. The van der Waals surface area contributed by atoms with E-state index >= 15 is 0 Å². The van der Waals surface area contributed by atoms with Gasteiger partial charge in [0.2, 0.25) is 10.0 Å².